The van der Waals surface area contributed by atoms with Crippen molar-refractivity contribution in [1.82, 2.24) is 26.6 Å². The van der Waals surface area contributed by atoms with Gasteiger partial charge in [0.15, 0.2) is 2.74 Å². The van der Waals surface area contributed by atoms with E-state index in [2.05, 4.69) is 26.6 Å². The lowest BCUT2D eigenvalue weighted by Crippen LogP contribution is -2.45. The third-order valence-corrected chi connectivity index (χ3v) is 25.7. The number of rotatable bonds is 44. The zero-order chi connectivity index (χ0) is 54.9. The van der Waals surface area contributed by atoms with Crippen molar-refractivity contribution < 1.29 is 83.4 Å². The summed E-state index contributed by atoms with van der Waals surface area (Å²) in [5.74, 6) is -11.7. The zero-order valence-electron chi connectivity index (χ0n) is 41.4. The van der Waals surface area contributed by atoms with Crippen LogP contribution in [-0.2, 0) is 52.7 Å². The Labute approximate surface area is 454 Å². The van der Waals surface area contributed by atoms with Crippen LogP contribution in [0.25, 0.3) is 0 Å². The molecule has 5 atom stereocenters. The van der Waals surface area contributed by atoms with E-state index in [1.54, 1.807) is 64.8 Å². The summed E-state index contributed by atoms with van der Waals surface area (Å²) in [5, 5.41) is 68.7. The van der Waals surface area contributed by atoms with Crippen LogP contribution in [0.2, 0.25) is 0 Å². The molecule has 2 heterocycles. The Hall–Kier alpha value is -3.73. The molecule has 22 nitrogen and oxygen atoms in total. The predicted molar refractivity (Wildman–Crippen MR) is 287 cm³/mol. The SMILES string of the molecule is O=C(O)CCCCCCCCCCCCCCCCC(=O)N[C@@H](CCC(=O)N[C@@H](CCC(=O)N[C@@H](CCC(=O)N[C@@H](CCC(=O)NCCCC[C@@H](C(=O)O)C1SSC2(SS1)SS2)C(=O)O)C(=O)O)C(=O)O)C(=O)O. The first-order valence-corrected chi connectivity index (χ1v) is 31.6. The molecule has 1 spiro atoms. The number of carbonyl (C=O) groups excluding carboxylic acids is 5. The van der Waals surface area contributed by atoms with E-state index >= 15 is 0 Å². The molecule has 0 aliphatic carbocycles. The topological polar surface area (TPSA) is 369 Å². The second-order valence-electron chi connectivity index (χ2n) is 18.0. The number of amides is 5. The molecular weight excluding hydrogens is 1090 g/mol. The Morgan fingerprint density at radius 1 is 0.351 bits per heavy atom. The quantitative estimate of drug-likeness (QED) is 0.0169. The normalized spacial score (nSPS) is 15.8. The molecule has 2 aliphatic heterocycles. The van der Waals surface area contributed by atoms with E-state index in [-0.39, 0.29) is 46.0 Å². The molecule has 0 aromatic carbocycles. The van der Waals surface area contributed by atoms with Crippen LogP contribution in [0.5, 0.6) is 0 Å². The molecule has 5 amide bonds. The van der Waals surface area contributed by atoms with Crippen LogP contribution in [-0.4, -0.2) is 134 Å². The van der Waals surface area contributed by atoms with Gasteiger partial charge in [-0.3, -0.25) is 33.6 Å². The molecule has 0 aromatic heterocycles. The predicted octanol–water partition coefficient (Wildman–Crippen LogP) is 6.81. The van der Waals surface area contributed by atoms with Gasteiger partial charge in [-0.1, -0.05) is 127 Å². The second kappa shape index (κ2) is 37.9. The lowest BCUT2D eigenvalue weighted by atomic mass is 10.0. The van der Waals surface area contributed by atoms with E-state index in [4.69, 9.17) is 5.11 Å². The number of hydrogen-bond donors (Lipinski definition) is 11. The van der Waals surface area contributed by atoms with Crippen molar-refractivity contribution in [2.45, 2.75) is 205 Å². The minimum Gasteiger partial charge on any atom is -0.481 e. The summed E-state index contributed by atoms with van der Waals surface area (Å²) in [6, 6.07) is -6.18. The molecule has 2 saturated heterocycles. The van der Waals surface area contributed by atoms with Crippen LogP contribution >= 0.6 is 64.8 Å². The highest BCUT2D eigenvalue weighted by atomic mass is 33.2. The Bertz CT molecular complexity index is 1860. The van der Waals surface area contributed by atoms with Crippen molar-refractivity contribution in [1.29, 1.82) is 0 Å². The van der Waals surface area contributed by atoms with Crippen molar-refractivity contribution >= 4 is 130 Å². The van der Waals surface area contributed by atoms with Crippen molar-refractivity contribution in [3.8, 4) is 0 Å². The van der Waals surface area contributed by atoms with Gasteiger partial charge >= 0.3 is 35.8 Å². The molecule has 28 heteroatoms. The van der Waals surface area contributed by atoms with Gasteiger partial charge in [-0.25, -0.2) is 19.2 Å². The van der Waals surface area contributed by atoms with E-state index < -0.39 is 128 Å². The maximum Gasteiger partial charge on any atom is 0.326 e. The summed E-state index contributed by atoms with van der Waals surface area (Å²) in [6.07, 6.45) is 12.4. The van der Waals surface area contributed by atoms with E-state index in [1.165, 1.54) is 12.8 Å². The van der Waals surface area contributed by atoms with Crippen LogP contribution in [0.3, 0.4) is 0 Å². The number of aliphatic carboxylic acids is 6. The number of hydrogen-bond acceptors (Lipinski definition) is 17. The second-order valence-corrected chi connectivity index (χ2v) is 27.5. The smallest absolute Gasteiger partial charge is 0.326 e. The molecule has 420 valence electrons. The highest BCUT2D eigenvalue weighted by molar-refractivity contribution is 9.14. The van der Waals surface area contributed by atoms with E-state index in [0.29, 0.717) is 25.7 Å². The van der Waals surface area contributed by atoms with Crippen LogP contribution in [0.15, 0.2) is 0 Å². The standard InChI is InChI=1S/C46H73N5O17S6/c52-34(47-28-16-15-17-29(40(59)60)45-69-71-46(72-70-45)73-74-46)24-20-30(41(61)62)49-36(54)26-22-32(43(65)66)51-38(56)27-23-33(44(67)68)50-37(55)25-21-31(42(63)64)48-35(53)18-13-11-9-7-5-3-1-2-4-6-8-10-12-14-19-39(57)58/h29-33,45H,1-28H2,(H,47,52)(H,48,53)(H,49,54)(H,50,55)(H,51,56)(H,57,58)(H,59,60)(H,61,62)(H,63,64)(H,65,66)(H,67,68)/t29-,30-,31-,32-,33-/m0/s1. The fourth-order valence-corrected chi connectivity index (χ4v) is 21.4. The number of carboxylic acid groups (broad SMARTS) is 6. The first-order chi connectivity index (χ1) is 35.2. The number of carboxylic acids is 6. The minimum absolute atomic E-state index is 0.0568. The average Bonchev–Trinajstić information content (AvgIpc) is 4.10. The van der Waals surface area contributed by atoms with Crippen molar-refractivity contribution in [2.24, 2.45) is 5.92 Å². The van der Waals surface area contributed by atoms with Crippen LogP contribution < -0.4 is 26.6 Å². The fraction of sp³-hybridized carbons (Fsp3) is 0.761. The van der Waals surface area contributed by atoms with E-state index in [9.17, 15) is 78.3 Å². The van der Waals surface area contributed by atoms with Gasteiger partial charge in [-0.15, -0.1) is 0 Å². The average molecular weight is 1160 g/mol. The first-order valence-electron chi connectivity index (χ1n) is 25.1. The Kier molecular flexibility index (Phi) is 34.0. The monoisotopic (exact) mass is 1160 g/mol. The van der Waals surface area contributed by atoms with Crippen LogP contribution in [0.1, 0.15) is 173 Å². The molecule has 0 radical (unpaired) electrons. The number of unbranched alkanes of at least 4 members (excludes halogenated alkanes) is 14. The lowest BCUT2D eigenvalue weighted by Gasteiger charge is -2.27. The molecule has 2 aliphatic rings. The van der Waals surface area contributed by atoms with Crippen LogP contribution in [0.4, 0.5) is 0 Å². The summed E-state index contributed by atoms with van der Waals surface area (Å²) < 4.78 is -0.0535. The number of carbonyl (C=O) groups is 11. The van der Waals surface area contributed by atoms with Gasteiger partial charge < -0.3 is 57.2 Å². The van der Waals surface area contributed by atoms with Gasteiger partial charge in [-0.2, -0.15) is 0 Å². The number of nitrogens with one attached hydrogen (secondary N) is 5. The van der Waals surface area contributed by atoms with Gasteiger partial charge in [0.05, 0.1) is 10.5 Å². The van der Waals surface area contributed by atoms with E-state index in [1.807, 2.05) is 0 Å². The highest BCUT2D eigenvalue weighted by Crippen LogP contribution is 2.84. The molecule has 0 aromatic rings. The van der Waals surface area contributed by atoms with Gasteiger partial charge in [0.25, 0.3) is 0 Å². The van der Waals surface area contributed by atoms with Gasteiger partial charge in [-0.05, 0) is 73.0 Å². The van der Waals surface area contributed by atoms with Gasteiger partial charge in [0.2, 0.25) is 29.5 Å². The summed E-state index contributed by atoms with van der Waals surface area (Å²) in [4.78, 5) is 133. The molecule has 2 fully saturated rings. The fourth-order valence-electron chi connectivity index (χ4n) is 7.53. The van der Waals surface area contributed by atoms with Crippen molar-refractivity contribution in [2.75, 3.05) is 6.54 Å². The van der Waals surface area contributed by atoms with E-state index in [0.717, 1.165) is 70.6 Å². The van der Waals surface area contributed by atoms with Crippen LogP contribution in [0, 0.1) is 5.92 Å². The molecule has 0 bridgehead atoms. The largest absolute Gasteiger partial charge is 0.481 e. The highest BCUT2D eigenvalue weighted by Gasteiger charge is 2.53. The Morgan fingerprint density at radius 2 is 0.676 bits per heavy atom. The summed E-state index contributed by atoms with van der Waals surface area (Å²) in [7, 11) is 10.00. The molecule has 0 saturated carbocycles. The van der Waals surface area contributed by atoms with Crippen molar-refractivity contribution in [3.63, 3.8) is 0 Å². The first kappa shape index (κ1) is 66.4. The molecule has 11 N–H and O–H groups in total. The maximum absolute atomic E-state index is 12.7. The Morgan fingerprint density at radius 3 is 1.00 bits per heavy atom. The van der Waals surface area contributed by atoms with Gasteiger partial charge in [0.1, 0.15) is 24.2 Å². The third kappa shape index (κ3) is 30.7. The molecule has 0 unspecified atom stereocenters. The summed E-state index contributed by atoms with van der Waals surface area (Å²) >= 11 is 0. The molecule has 2 rings (SSSR count). The lowest BCUT2D eigenvalue weighted by molar-refractivity contribution is -0.144. The Balaban J connectivity index is 1.62. The third-order valence-electron chi connectivity index (χ3n) is 11.8. The zero-order valence-corrected chi connectivity index (χ0v) is 46.3. The molecular formula is C46H73N5O17S6. The van der Waals surface area contributed by atoms with Gasteiger partial charge in [0, 0.05) is 45.1 Å². The summed E-state index contributed by atoms with van der Waals surface area (Å²) in [6.45, 7) is 0.235. The van der Waals surface area contributed by atoms with Crippen molar-refractivity contribution in [3.05, 3.63) is 0 Å². The minimum atomic E-state index is -1.64. The summed E-state index contributed by atoms with van der Waals surface area (Å²) in [5.41, 5.74) is 0. The maximum atomic E-state index is 12.7. The molecule has 74 heavy (non-hydrogen) atoms.